The molecule has 2 rings (SSSR count). The Morgan fingerprint density at radius 2 is 1.90 bits per heavy atom. The zero-order valence-corrected chi connectivity index (χ0v) is 12.3. The largest absolute Gasteiger partial charge is 0.867 e. The smallest absolute Gasteiger partial charge is 0.263 e. The molecule has 0 radical (unpaired) electrons. The molecule has 0 saturated carbocycles. The average molecular weight is 355 g/mol. The highest BCUT2D eigenvalue weighted by atomic mass is 79.9. The monoisotopic (exact) mass is 353 g/mol. The van der Waals surface area contributed by atoms with E-state index in [1.54, 1.807) is 24.3 Å². The lowest BCUT2D eigenvalue weighted by Gasteiger charge is -2.10. The predicted octanol–water partition coefficient (Wildman–Crippen LogP) is 3.83. The van der Waals surface area contributed by atoms with Crippen molar-refractivity contribution < 1.29 is 10.0 Å². The van der Waals surface area contributed by atoms with Crippen LogP contribution in [0.15, 0.2) is 45.9 Å². The van der Waals surface area contributed by atoms with E-state index in [4.69, 9.17) is 11.6 Å². The Balaban J connectivity index is 2.38. The highest BCUT2D eigenvalue weighted by Gasteiger charge is 2.11. The van der Waals surface area contributed by atoms with Gasteiger partial charge in [0.15, 0.2) is 0 Å². The second kappa shape index (κ2) is 6.02. The van der Waals surface area contributed by atoms with E-state index in [1.807, 2.05) is 0 Å². The maximum Gasteiger partial charge on any atom is 0.263 e. The zero-order valence-electron chi connectivity index (χ0n) is 9.92. The summed E-state index contributed by atoms with van der Waals surface area (Å²) in [6, 6.07) is 9.45. The lowest BCUT2D eigenvalue weighted by molar-refractivity contribution is -0.398. The number of hydrogen-bond acceptors (Lipinski definition) is 4. The molecule has 0 saturated heterocycles. The SMILES string of the molecule is O=[N+]([O-])c1cc(Cl)cc(C=Nc2ccc(Br)cc2)c1[O-]. The quantitative estimate of drug-likeness (QED) is 0.477. The molecule has 0 amide bonds. The van der Waals surface area contributed by atoms with Crippen molar-refractivity contribution in [1.29, 1.82) is 0 Å². The normalized spacial score (nSPS) is 10.9. The summed E-state index contributed by atoms with van der Waals surface area (Å²) < 4.78 is 0.902. The summed E-state index contributed by atoms with van der Waals surface area (Å²) in [6.45, 7) is 0. The van der Waals surface area contributed by atoms with Gasteiger partial charge in [-0.05, 0) is 41.6 Å². The first kappa shape index (κ1) is 14.5. The molecular formula is C13H7BrClN2O3-. The summed E-state index contributed by atoms with van der Waals surface area (Å²) in [6.07, 6.45) is 1.27. The molecule has 0 aromatic heterocycles. The van der Waals surface area contributed by atoms with Gasteiger partial charge in [0.2, 0.25) is 0 Å². The van der Waals surface area contributed by atoms with Gasteiger partial charge in [-0.1, -0.05) is 27.5 Å². The lowest BCUT2D eigenvalue weighted by Crippen LogP contribution is -2.02. The van der Waals surface area contributed by atoms with Gasteiger partial charge >= 0.3 is 0 Å². The van der Waals surface area contributed by atoms with Gasteiger partial charge in [0, 0.05) is 21.8 Å². The Hall–Kier alpha value is -1.92. The van der Waals surface area contributed by atoms with Crippen LogP contribution in [-0.4, -0.2) is 11.1 Å². The van der Waals surface area contributed by atoms with Gasteiger partial charge < -0.3 is 5.11 Å². The third kappa shape index (κ3) is 3.34. The molecule has 0 bridgehead atoms. The van der Waals surface area contributed by atoms with Crippen molar-refractivity contribution in [2.75, 3.05) is 0 Å². The van der Waals surface area contributed by atoms with Crippen molar-refractivity contribution in [2.24, 2.45) is 4.99 Å². The van der Waals surface area contributed by atoms with Gasteiger partial charge in [-0.3, -0.25) is 15.1 Å². The van der Waals surface area contributed by atoms with Gasteiger partial charge in [0.25, 0.3) is 5.69 Å². The number of aliphatic imine (C=N–C) groups is 1. The molecule has 0 aliphatic carbocycles. The Labute approximate surface area is 127 Å². The van der Waals surface area contributed by atoms with E-state index in [-0.39, 0.29) is 10.6 Å². The Morgan fingerprint density at radius 3 is 2.50 bits per heavy atom. The first-order chi connectivity index (χ1) is 9.47. The molecule has 102 valence electrons. The van der Waals surface area contributed by atoms with E-state index in [0.717, 1.165) is 10.5 Å². The Morgan fingerprint density at radius 1 is 1.25 bits per heavy atom. The van der Waals surface area contributed by atoms with E-state index < -0.39 is 16.4 Å². The summed E-state index contributed by atoms with van der Waals surface area (Å²) >= 11 is 9.05. The summed E-state index contributed by atoms with van der Waals surface area (Å²) in [4.78, 5) is 14.1. The van der Waals surface area contributed by atoms with Gasteiger partial charge in [0.05, 0.1) is 10.6 Å². The molecule has 5 nitrogen and oxygen atoms in total. The molecule has 2 aromatic rings. The van der Waals surface area contributed by atoms with Crippen LogP contribution >= 0.6 is 27.5 Å². The number of nitro groups is 1. The van der Waals surface area contributed by atoms with Crippen LogP contribution in [0.5, 0.6) is 5.75 Å². The second-order valence-corrected chi connectivity index (χ2v) is 5.19. The van der Waals surface area contributed by atoms with Crippen LogP contribution in [-0.2, 0) is 0 Å². The average Bonchev–Trinajstić information content (AvgIpc) is 2.41. The first-order valence-electron chi connectivity index (χ1n) is 5.42. The van der Waals surface area contributed by atoms with Crippen LogP contribution in [0.25, 0.3) is 0 Å². The van der Waals surface area contributed by atoms with Crippen molar-refractivity contribution in [3.63, 3.8) is 0 Å². The number of rotatable bonds is 3. The molecule has 0 aliphatic heterocycles. The molecule has 7 heteroatoms. The third-order valence-electron chi connectivity index (χ3n) is 2.44. The highest BCUT2D eigenvalue weighted by Crippen LogP contribution is 2.30. The summed E-state index contributed by atoms with van der Waals surface area (Å²) in [5, 5.41) is 22.7. The van der Waals surface area contributed by atoms with E-state index in [2.05, 4.69) is 20.9 Å². The minimum absolute atomic E-state index is 0.0760. The number of nitro benzene ring substituents is 1. The molecule has 0 unspecified atom stereocenters. The van der Waals surface area contributed by atoms with E-state index in [1.165, 1.54) is 12.3 Å². The molecule has 0 aliphatic rings. The fourth-order valence-electron chi connectivity index (χ4n) is 1.50. The topological polar surface area (TPSA) is 78.6 Å². The van der Waals surface area contributed by atoms with Crippen LogP contribution in [0, 0.1) is 10.1 Å². The molecular weight excluding hydrogens is 348 g/mol. The number of benzene rings is 2. The van der Waals surface area contributed by atoms with E-state index in [9.17, 15) is 15.2 Å². The summed E-state index contributed by atoms with van der Waals surface area (Å²) in [5.74, 6) is -0.708. The molecule has 0 N–H and O–H groups in total. The van der Waals surface area contributed by atoms with Crippen LogP contribution in [0.1, 0.15) is 5.56 Å². The number of hydrogen-bond donors (Lipinski definition) is 0. The minimum atomic E-state index is -0.759. The van der Waals surface area contributed by atoms with Gasteiger partial charge in [-0.2, -0.15) is 0 Å². The maximum atomic E-state index is 11.8. The van der Waals surface area contributed by atoms with Crippen LogP contribution in [0.3, 0.4) is 0 Å². The molecule has 0 fully saturated rings. The second-order valence-electron chi connectivity index (χ2n) is 3.83. The van der Waals surface area contributed by atoms with Crippen molar-refractivity contribution in [3.8, 4) is 5.75 Å². The molecule has 20 heavy (non-hydrogen) atoms. The molecule has 0 heterocycles. The van der Waals surface area contributed by atoms with Crippen molar-refractivity contribution >= 4 is 45.1 Å². The fraction of sp³-hybridized carbons (Fsp3) is 0. The summed E-state index contributed by atoms with van der Waals surface area (Å²) in [5.41, 5.74) is 0.136. The van der Waals surface area contributed by atoms with Crippen LogP contribution in [0.2, 0.25) is 5.02 Å². The molecule has 0 atom stereocenters. The van der Waals surface area contributed by atoms with Crippen molar-refractivity contribution in [2.45, 2.75) is 0 Å². The van der Waals surface area contributed by atoms with E-state index >= 15 is 0 Å². The molecule has 2 aromatic carbocycles. The first-order valence-corrected chi connectivity index (χ1v) is 6.59. The predicted molar refractivity (Wildman–Crippen MR) is 78.9 cm³/mol. The van der Waals surface area contributed by atoms with Crippen LogP contribution in [0.4, 0.5) is 11.4 Å². The molecule has 0 spiro atoms. The van der Waals surface area contributed by atoms with Crippen LogP contribution < -0.4 is 5.11 Å². The Bertz CT molecular complexity index is 687. The lowest BCUT2D eigenvalue weighted by atomic mass is 10.2. The highest BCUT2D eigenvalue weighted by molar-refractivity contribution is 9.10. The number of halogens is 2. The fourth-order valence-corrected chi connectivity index (χ4v) is 1.99. The minimum Gasteiger partial charge on any atom is -0.867 e. The van der Waals surface area contributed by atoms with Crippen molar-refractivity contribution in [3.05, 3.63) is 61.6 Å². The standard InChI is InChI=1S/C13H8BrClN2O3/c14-9-1-3-11(4-2-9)16-7-8-5-10(15)6-12(13(8)18)17(19)20/h1-7,18H/p-1. The van der Waals surface area contributed by atoms with E-state index in [0.29, 0.717) is 5.69 Å². The number of nitrogens with zero attached hydrogens (tertiary/aromatic N) is 2. The Kier molecular flexibility index (Phi) is 4.36. The maximum absolute atomic E-state index is 11.8. The third-order valence-corrected chi connectivity index (χ3v) is 3.19. The van der Waals surface area contributed by atoms with Crippen molar-refractivity contribution in [1.82, 2.24) is 0 Å². The van der Waals surface area contributed by atoms with Gasteiger partial charge in [-0.15, -0.1) is 0 Å². The summed E-state index contributed by atoms with van der Waals surface area (Å²) in [7, 11) is 0. The zero-order chi connectivity index (χ0) is 14.7. The van der Waals surface area contributed by atoms with Gasteiger partial charge in [-0.25, -0.2) is 0 Å². The van der Waals surface area contributed by atoms with Gasteiger partial charge in [0.1, 0.15) is 0 Å².